The van der Waals surface area contributed by atoms with E-state index >= 15 is 0 Å². The average Bonchev–Trinajstić information content (AvgIpc) is 2.87. The van der Waals surface area contributed by atoms with Gasteiger partial charge in [-0.3, -0.25) is 4.79 Å². The molecule has 0 aromatic heterocycles. The van der Waals surface area contributed by atoms with Gasteiger partial charge in [-0.2, -0.15) is 0 Å². The first kappa shape index (κ1) is 18.6. The summed E-state index contributed by atoms with van der Waals surface area (Å²) in [5.74, 6) is -0.108. The Kier molecular flexibility index (Phi) is 5.68. The summed E-state index contributed by atoms with van der Waals surface area (Å²) in [4.78, 5) is 12.8. The molecule has 1 aliphatic rings. The van der Waals surface area contributed by atoms with Crippen LogP contribution in [0.1, 0.15) is 11.1 Å². The van der Waals surface area contributed by atoms with Crippen LogP contribution in [0.2, 0.25) is 5.02 Å². The van der Waals surface area contributed by atoms with Crippen molar-refractivity contribution in [3.8, 4) is 5.75 Å². The van der Waals surface area contributed by atoms with Gasteiger partial charge in [0.2, 0.25) is 0 Å². The van der Waals surface area contributed by atoms with E-state index < -0.39 is 0 Å². The number of nitrogens with one attached hydrogen (secondary N) is 2. The third-order valence-electron chi connectivity index (χ3n) is 3.56. The summed E-state index contributed by atoms with van der Waals surface area (Å²) in [6.45, 7) is 1.97. The minimum absolute atomic E-state index is 0.0891. The van der Waals surface area contributed by atoms with E-state index in [4.69, 9.17) is 11.6 Å². The van der Waals surface area contributed by atoms with Crippen LogP contribution < -0.4 is 10.6 Å². The number of carbonyl (C=O) groups excluding carboxylic acids is 1. The van der Waals surface area contributed by atoms with Crippen LogP contribution >= 0.6 is 55.2 Å². The molecule has 25 heavy (non-hydrogen) atoms. The van der Waals surface area contributed by atoms with E-state index in [0.29, 0.717) is 20.0 Å². The van der Waals surface area contributed by atoms with Crippen molar-refractivity contribution in [2.45, 2.75) is 12.4 Å². The molecule has 1 heterocycles. The van der Waals surface area contributed by atoms with Crippen molar-refractivity contribution in [3.63, 3.8) is 0 Å². The standard InChI is InChI=1S/C17H13Br2ClN2O2S/c1-8-2-3-11(20)7-13(8)21-17-22-16(24)14(25-17)5-9-4-10(18)6-12(19)15(9)23/h2-7,17,21,23H,1H3,(H,22,24)/b14-5-. The molecule has 0 bridgehead atoms. The van der Waals surface area contributed by atoms with Crippen LogP contribution in [0.25, 0.3) is 6.08 Å². The van der Waals surface area contributed by atoms with E-state index in [2.05, 4.69) is 42.5 Å². The van der Waals surface area contributed by atoms with Gasteiger partial charge in [-0.25, -0.2) is 0 Å². The summed E-state index contributed by atoms with van der Waals surface area (Å²) < 4.78 is 1.36. The number of phenols is 1. The number of amides is 1. The first-order valence-electron chi connectivity index (χ1n) is 7.23. The van der Waals surface area contributed by atoms with E-state index in [1.54, 1.807) is 18.2 Å². The number of aryl methyl sites for hydroxylation is 1. The SMILES string of the molecule is Cc1ccc(Cl)cc1NC1NC(=O)/C(=C/c2cc(Br)cc(Br)c2O)S1. The van der Waals surface area contributed by atoms with Crippen LogP contribution in [-0.2, 0) is 4.79 Å². The van der Waals surface area contributed by atoms with E-state index in [0.717, 1.165) is 15.7 Å². The Bertz CT molecular complexity index is 889. The monoisotopic (exact) mass is 502 g/mol. The molecule has 1 unspecified atom stereocenters. The Balaban J connectivity index is 1.82. The molecule has 0 saturated carbocycles. The van der Waals surface area contributed by atoms with Crippen molar-refractivity contribution in [3.05, 3.63) is 60.3 Å². The highest BCUT2D eigenvalue weighted by Gasteiger charge is 2.28. The number of halogens is 3. The molecule has 3 N–H and O–H groups in total. The summed E-state index contributed by atoms with van der Waals surface area (Å²) in [6, 6.07) is 9.05. The topological polar surface area (TPSA) is 61.4 Å². The Morgan fingerprint density at radius 3 is 2.84 bits per heavy atom. The summed E-state index contributed by atoms with van der Waals surface area (Å²) in [6.07, 6.45) is 1.66. The fourth-order valence-electron chi connectivity index (χ4n) is 2.29. The van der Waals surface area contributed by atoms with Crippen LogP contribution in [0.5, 0.6) is 5.75 Å². The molecular formula is C17H13Br2ClN2O2S. The van der Waals surface area contributed by atoms with E-state index in [1.165, 1.54) is 11.8 Å². The van der Waals surface area contributed by atoms with Crippen molar-refractivity contribution < 1.29 is 9.90 Å². The lowest BCUT2D eigenvalue weighted by atomic mass is 10.2. The maximum atomic E-state index is 12.2. The molecule has 8 heteroatoms. The van der Waals surface area contributed by atoms with E-state index in [-0.39, 0.29) is 17.2 Å². The van der Waals surface area contributed by atoms with Crippen LogP contribution in [0.15, 0.2) is 44.2 Å². The van der Waals surface area contributed by atoms with Crippen LogP contribution in [0, 0.1) is 6.92 Å². The number of anilines is 1. The minimum Gasteiger partial charge on any atom is -0.506 e. The van der Waals surface area contributed by atoms with Gasteiger partial charge in [0.05, 0.1) is 9.38 Å². The number of rotatable bonds is 3. The van der Waals surface area contributed by atoms with Crippen LogP contribution in [-0.4, -0.2) is 16.5 Å². The smallest absolute Gasteiger partial charge is 0.260 e. The highest BCUT2D eigenvalue weighted by Crippen LogP contribution is 2.37. The third kappa shape index (κ3) is 4.34. The van der Waals surface area contributed by atoms with Gasteiger partial charge in [0, 0.05) is 20.7 Å². The fourth-order valence-corrected chi connectivity index (χ4v) is 4.69. The highest BCUT2D eigenvalue weighted by atomic mass is 79.9. The predicted molar refractivity (Wildman–Crippen MR) is 111 cm³/mol. The lowest BCUT2D eigenvalue weighted by molar-refractivity contribution is -0.116. The van der Waals surface area contributed by atoms with Crippen molar-refractivity contribution in [2.24, 2.45) is 0 Å². The molecule has 2 aromatic carbocycles. The highest BCUT2D eigenvalue weighted by molar-refractivity contribution is 9.11. The Morgan fingerprint density at radius 1 is 1.32 bits per heavy atom. The van der Waals surface area contributed by atoms with Crippen molar-refractivity contribution in [1.29, 1.82) is 0 Å². The van der Waals surface area contributed by atoms with Crippen LogP contribution in [0.3, 0.4) is 0 Å². The predicted octanol–water partition coefficient (Wildman–Crippen LogP) is 5.48. The summed E-state index contributed by atoms with van der Waals surface area (Å²) >= 11 is 14.1. The zero-order valence-electron chi connectivity index (χ0n) is 12.9. The number of thioether (sulfide) groups is 1. The van der Waals surface area contributed by atoms with Crippen molar-refractivity contribution in [1.82, 2.24) is 5.32 Å². The Labute approximate surface area is 171 Å². The van der Waals surface area contributed by atoms with Gasteiger partial charge >= 0.3 is 0 Å². The first-order chi connectivity index (χ1) is 11.8. The Morgan fingerprint density at radius 2 is 2.08 bits per heavy atom. The quantitative estimate of drug-likeness (QED) is 0.485. The van der Waals surface area contributed by atoms with Crippen LogP contribution in [0.4, 0.5) is 5.69 Å². The lowest BCUT2D eigenvalue weighted by Gasteiger charge is -2.15. The molecule has 1 aliphatic heterocycles. The van der Waals surface area contributed by atoms with Gasteiger partial charge in [-0.1, -0.05) is 45.4 Å². The zero-order chi connectivity index (χ0) is 18.1. The maximum absolute atomic E-state index is 12.2. The van der Waals surface area contributed by atoms with Gasteiger partial charge in [0.25, 0.3) is 5.91 Å². The zero-order valence-corrected chi connectivity index (χ0v) is 17.7. The van der Waals surface area contributed by atoms with Crippen molar-refractivity contribution in [2.75, 3.05) is 5.32 Å². The number of hydrogen-bond donors (Lipinski definition) is 3. The maximum Gasteiger partial charge on any atom is 0.260 e. The van der Waals surface area contributed by atoms with Gasteiger partial charge in [0.1, 0.15) is 5.75 Å². The molecule has 0 aliphatic carbocycles. The minimum atomic E-state index is -0.311. The second-order valence-corrected chi connectivity index (χ2v) is 8.76. The normalized spacial score (nSPS) is 18.5. The average molecular weight is 505 g/mol. The Hall–Kier alpha value is -1.15. The van der Waals surface area contributed by atoms with Gasteiger partial charge in [0.15, 0.2) is 5.50 Å². The molecule has 1 saturated heterocycles. The first-order valence-corrected chi connectivity index (χ1v) is 10.1. The van der Waals surface area contributed by atoms with E-state index in [1.807, 2.05) is 25.1 Å². The molecule has 2 aromatic rings. The number of carbonyl (C=O) groups is 1. The molecule has 1 atom stereocenters. The molecule has 130 valence electrons. The van der Waals surface area contributed by atoms with Crippen molar-refractivity contribution >= 4 is 72.9 Å². The summed E-state index contributed by atoms with van der Waals surface area (Å²) in [5.41, 5.74) is 2.14. The van der Waals surface area contributed by atoms with Gasteiger partial charge in [-0.15, -0.1) is 0 Å². The summed E-state index contributed by atoms with van der Waals surface area (Å²) in [5, 5.41) is 16.9. The summed E-state index contributed by atoms with van der Waals surface area (Å²) in [7, 11) is 0. The largest absolute Gasteiger partial charge is 0.506 e. The molecule has 4 nitrogen and oxygen atoms in total. The molecule has 3 rings (SSSR count). The molecule has 0 spiro atoms. The molecule has 0 radical (unpaired) electrons. The second kappa shape index (κ2) is 7.61. The number of hydrogen-bond acceptors (Lipinski definition) is 4. The third-order valence-corrected chi connectivity index (χ3v) is 5.89. The van der Waals surface area contributed by atoms with Gasteiger partial charge in [-0.05, 0) is 58.8 Å². The second-order valence-electron chi connectivity index (χ2n) is 5.41. The van der Waals surface area contributed by atoms with Gasteiger partial charge < -0.3 is 15.7 Å². The number of phenolic OH excluding ortho intramolecular Hbond substituents is 1. The lowest BCUT2D eigenvalue weighted by Crippen LogP contribution is -2.31. The molecule has 1 fully saturated rings. The molecule has 1 amide bonds. The molecular weight excluding hydrogens is 492 g/mol. The van der Waals surface area contributed by atoms with E-state index in [9.17, 15) is 9.90 Å². The number of benzene rings is 2. The fraction of sp³-hybridized carbons (Fsp3) is 0.118. The number of aromatic hydroxyl groups is 1.